The second-order valence-corrected chi connectivity index (χ2v) is 5.78. The van der Waals surface area contributed by atoms with Gasteiger partial charge in [0.1, 0.15) is 0 Å². The van der Waals surface area contributed by atoms with E-state index in [0.717, 1.165) is 51.8 Å². The molecule has 20 heavy (non-hydrogen) atoms. The predicted molar refractivity (Wildman–Crippen MR) is 75.2 cm³/mol. The van der Waals surface area contributed by atoms with Gasteiger partial charge < -0.3 is 9.64 Å². The van der Waals surface area contributed by atoms with E-state index < -0.39 is 0 Å². The van der Waals surface area contributed by atoms with Crippen LogP contribution in [0.4, 0.5) is 0 Å². The molecule has 0 unspecified atom stereocenters. The van der Waals surface area contributed by atoms with Gasteiger partial charge in [0.15, 0.2) is 0 Å². The summed E-state index contributed by atoms with van der Waals surface area (Å²) in [6.07, 6.45) is 10.0. The molecular weight excluding hydrogens is 254 g/mol. The molecule has 0 spiro atoms. The maximum atomic E-state index is 12.4. The summed E-state index contributed by atoms with van der Waals surface area (Å²) in [4.78, 5) is 14.4. The Morgan fingerprint density at radius 2 is 2.30 bits per heavy atom. The molecule has 5 heteroatoms. The number of carbonyl (C=O) groups excluding carboxylic acids is 1. The molecule has 0 bridgehead atoms. The molecular formula is C15H23N3O2. The molecule has 110 valence electrons. The lowest BCUT2D eigenvalue weighted by Gasteiger charge is -2.25. The van der Waals surface area contributed by atoms with Crippen LogP contribution in [0.25, 0.3) is 0 Å². The molecule has 0 aliphatic carbocycles. The number of ether oxygens (including phenoxy) is 1. The summed E-state index contributed by atoms with van der Waals surface area (Å²) in [5.74, 6) is 0.287. The lowest BCUT2D eigenvalue weighted by atomic mass is 10.1. The molecule has 2 aliphatic rings. The van der Waals surface area contributed by atoms with Crippen molar-refractivity contribution in [2.24, 2.45) is 0 Å². The summed E-state index contributed by atoms with van der Waals surface area (Å²) in [5.41, 5.74) is 0. The van der Waals surface area contributed by atoms with E-state index in [9.17, 15) is 4.79 Å². The number of hydrogen-bond acceptors (Lipinski definition) is 3. The molecule has 2 aliphatic heterocycles. The second-order valence-electron chi connectivity index (χ2n) is 5.78. The van der Waals surface area contributed by atoms with E-state index in [1.807, 2.05) is 16.9 Å². The quantitative estimate of drug-likeness (QED) is 0.825. The normalized spacial score (nSPS) is 26.3. The van der Waals surface area contributed by atoms with Gasteiger partial charge in [-0.3, -0.25) is 9.48 Å². The average molecular weight is 277 g/mol. The first kappa shape index (κ1) is 13.6. The van der Waals surface area contributed by atoms with Crippen LogP contribution in [0.1, 0.15) is 38.5 Å². The Bertz CT molecular complexity index is 426. The second kappa shape index (κ2) is 6.39. The van der Waals surface area contributed by atoms with Crippen molar-refractivity contribution in [1.82, 2.24) is 14.7 Å². The third-order valence-electron chi connectivity index (χ3n) is 4.36. The van der Waals surface area contributed by atoms with Crippen molar-refractivity contribution in [2.45, 2.75) is 57.2 Å². The summed E-state index contributed by atoms with van der Waals surface area (Å²) in [6, 6.07) is 2.24. The van der Waals surface area contributed by atoms with E-state index in [1.54, 1.807) is 6.20 Å². The van der Waals surface area contributed by atoms with Gasteiger partial charge in [0.2, 0.25) is 5.91 Å². The first-order chi connectivity index (χ1) is 9.83. The largest absolute Gasteiger partial charge is 0.378 e. The molecule has 0 saturated carbocycles. The zero-order valence-electron chi connectivity index (χ0n) is 11.9. The summed E-state index contributed by atoms with van der Waals surface area (Å²) < 4.78 is 7.52. The number of rotatable bonds is 5. The van der Waals surface area contributed by atoms with Crippen LogP contribution in [-0.4, -0.2) is 45.9 Å². The van der Waals surface area contributed by atoms with Gasteiger partial charge in [0.05, 0.1) is 18.7 Å². The molecule has 1 aromatic rings. The van der Waals surface area contributed by atoms with E-state index in [-0.39, 0.29) is 5.91 Å². The molecule has 2 saturated heterocycles. The van der Waals surface area contributed by atoms with E-state index in [2.05, 4.69) is 10.00 Å². The van der Waals surface area contributed by atoms with Gasteiger partial charge in [0, 0.05) is 32.0 Å². The van der Waals surface area contributed by atoms with Gasteiger partial charge in [-0.05, 0) is 38.2 Å². The number of likely N-dealkylation sites (tertiary alicyclic amines) is 1. The van der Waals surface area contributed by atoms with Crippen molar-refractivity contribution in [1.29, 1.82) is 0 Å². The molecule has 1 amide bonds. The number of amides is 1. The van der Waals surface area contributed by atoms with Crippen LogP contribution < -0.4 is 0 Å². The third kappa shape index (κ3) is 3.20. The standard InChI is InChI=1S/C15H23N3O2/c19-15(7-6-14-5-2-11-20-14)18-10-1-4-13(18)12-17-9-3-8-16-17/h3,8-9,13-14H,1-2,4-7,10-12H2/t13-,14+/m0/s1. The maximum absolute atomic E-state index is 12.4. The molecule has 0 radical (unpaired) electrons. The number of aromatic nitrogens is 2. The van der Waals surface area contributed by atoms with Crippen LogP contribution in [0, 0.1) is 0 Å². The maximum Gasteiger partial charge on any atom is 0.222 e. The van der Waals surface area contributed by atoms with Gasteiger partial charge in [-0.15, -0.1) is 0 Å². The first-order valence-corrected chi connectivity index (χ1v) is 7.71. The molecule has 2 atom stereocenters. The monoisotopic (exact) mass is 277 g/mol. The fraction of sp³-hybridized carbons (Fsp3) is 0.733. The highest BCUT2D eigenvalue weighted by Crippen LogP contribution is 2.22. The van der Waals surface area contributed by atoms with Crippen molar-refractivity contribution in [2.75, 3.05) is 13.2 Å². The van der Waals surface area contributed by atoms with Gasteiger partial charge >= 0.3 is 0 Å². The minimum atomic E-state index is 0.287. The fourth-order valence-corrected chi connectivity index (χ4v) is 3.28. The lowest BCUT2D eigenvalue weighted by Crippen LogP contribution is -2.38. The molecule has 5 nitrogen and oxygen atoms in total. The van der Waals surface area contributed by atoms with Gasteiger partial charge in [0.25, 0.3) is 0 Å². The molecule has 0 N–H and O–H groups in total. The third-order valence-corrected chi connectivity index (χ3v) is 4.36. The Kier molecular flexibility index (Phi) is 4.35. The summed E-state index contributed by atoms with van der Waals surface area (Å²) >= 11 is 0. The SMILES string of the molecule is O=C(CC[C@H]1CCCO1)N1CCC[C@H]1Cn1cccn1. The summed E-state index contributed by atoms with van der Waals surface area (Å²) in [7, 11) is 0. The number of carbonyl (C=O) groups is 1. The van der Waals surface area contributed by atoms with Gasteiger partial charge in [-0.2, -0.15) is 5.10 Å². The summed E-state index contributed by atoms with van der Waals surface area (Å²) in [6.45, 7) is 2.58. The van der Waals surface area contributed by atoms with Crippen LogP contribution >= 0.6 is 0 Å². The van der Waals surface area contributed by atoms with Crippen molar-refractivity contribution in [3.05, 3.63) is 18.5 Å². The highest BCUT2D eigenvalue weighted by atomic mass is 16.5. The topological polar surface area (TPSA) is 47.4 Å². The fourth-order valence-electron chi connectivity index (χ4n) is 3.28. The lowest BCUT2D eigenvalue weighted by molar-refractivity contribution is -0.132. The van der Waals surface area contributed by atoms with E-state index in [0.29, 0.717) is 18.6 Å². The predicted octanol–water partition coefficient (Wildman–Crippen LogP) is 1.83. The average Bonchev–Trinajstić information content (AvgIpc) is 3.19. The molecule has 1 aromatic heterocycles. The first-order valence-electron chi connectivity index (χ1n) is 7.71. The Balaban J connectivity index is 1.50. The molecule has 2 fully saturated rings. The van der Waals surface area contributed by atoms with Crippen LogP contribution in [0.5, 0.6) is 0 Å². The highest BCUT2D eigenvalue weighted by molar-refractivity contribution is 5.76. The van der Waals surface area contributed by atoms with Crippen molar-refractivity contribution in [3.63, 3.8) is 0 Å². The Morgan fingerprint density at radius 1 is 1.35 bits per heavy atom. The van der Waals surface area contributed by atoms with E-state index in [4.69, 9.17) is 4.74 Å². The zero-order chi connectivity index (χ0) is 13.8. The molecule has 3 heterocycles. The van der Waals surface area contributed by atoms with Crippen molar-refractivity contribution in [3.8, 4) is 0 Å². The number of hydrogen-bond donors (Lipinski definition) is 0. The number of nitrogens with zero attached hydrogens (tertiary/aromatic N) is 3. The van der Waals surface area contributed by atoms with Crippen LogP contribution in [0.15, 0.2) is 18.5 Å². The van der Waals surface area contributed by atoms with E-state index in [1.165, 1.54) is 0 Å². The van der Waals surface area contributed by atoms with Crippen molar-refractivity contribution < 1.29 is 9.53 Å². The van der Waals surface area contributed by atoms with Crippen LogP contribution in [0.3, 0.4) is 0 Å². The molecule has 0 aromatic carbocycles. The smallest absolute Gasteiger partial charge is 0.222 e. The highest BCUT2D eigenvalue weighted by Gasteiger charge is 2.29. The molecule has 3 rings (SSSR count). The van der Waals surface area contributed by atoms with E-state index >= 15 is 0 Å². The van der Waals surface area contributed by atoms with Gasteiger partial charge in [-0.25, -0.2) is 0 Å². The zero-order valence-corrected chi connectivity index (χ0v) is 11.9. The van der Waals surface area contributed by atoms with Crippen LogP contribution in [0.2, 0.25) is 0 Å². The minimum Gasteiger partial charge on any atom is -0.378 e. The minimum absolute atomic E-state index is 0.287. The Morgan fingerprint density at radius 3 is 3.05 bits per heavy atom. The van der Waals surface area contributed by atoms with Gasteiger partial charge in [-0.1, -0.05) is 0 Å². The summed E-state index contributed by atoms with van der Waals surface area (Å²) in [5, 5.41) is 4.24. The van der Waals surface area contributed by atoms with Crippen LogP contribution in [-0.2, 0) is 16.1 Å². The Hall–Kier alpha value is -1.36. The Labute approximate surface area is 119 Å². The van der Waals surface area contributed by atoms with Crippen molar-refractivity contribution >= 4 is 5.91 Å².